The van der Waals surface area contributed by atoms with Gasteiger partial charge in [0.15, 0.2) is 11.6 Å². The molecule has 0 fully saturated rings. The molecule has 0 atom stereocenters. The number of methoxy groups -OCH3 is 1. The first-order valence-electron chi connectivity index (χ1n) is 4.35. The van der Waals surface area contributed by atoms with E-state index in [-0.39, 0.29) is 12.3 Å². The first-order valence-corrected chi connectivity index (χ1v) is 5.83. The molecule has 6 heteroatoms. The Kier molecular flexibility index (Phi) is 3.65. The lowest BCUT2D eigenvalue weighted by Crippen LogP contribution is -2.24. The van der Waals surface area contributed by atoms with Crippen LogP contribution < -0.4 is 9.46 Å². The van der Waals surface area contributed by atoms with E-state index in [4.69, 9.17) is 4.74 Å². The molecular formula is C9H12FNO3S. The number of rotatable bonds is 4. The van der Waals surface area contributed by atoms with Gasteiger partial charge in [0.05, 0.1) is 7.11 Å². The van der Waals surface area contributed by atoms with Crippen molar-refractivity contribution in [2.75, 3.05) is 13.7 Å². The standard InChI is InChI=1S/C9H12FNO3S/c1-3-11-15(12,13)8-6-4-5-7(14-2)9(8)10/h4-6,11H,3H2,1-2H3. The number of hydrogen-bond acceptors (Lipinski definition) is 3. The van der Waals surface area contributed by atoms with Crippen molar-refractivity contribution in [1.82, 2.24) is 4.72 Å². The van der Waals surface area contributed by atoms with E-state index in [0.29, 0.717) is 0 Å². The maximum Gasteiger partial charge on any atom is 0.243 e. The highest BCUT2D eigenvalue weighted by atomic mass is 32.2. The summed E-state index contributed by atoms with van der Waals surface area (Å²) in [5.74, 6) is -0.963. The summed E-state index contributed by atoms with van der Waals surface area (Å²) in [7, 11) is -2.50. The minimum atomic E-state index is -3.78. The van der Waals surface area contributed by atoms with Crippen molar-refractivity contribution in [3.63, 3.8) is 0 Å². The van der Waals surface area contributed by atoms with Crippen LogP contribution in [0.1, 0.15) is 6.92 Å². The second kappa shape index (κ2) is 4.59. The predicted octanol–water partition coefficient (Wildman–Crippen LogP) is 1.13. The molecule has 0 spiro atoms. The summed E-state index contributed by atoms with van der Waals surface area (Å²) in [5, 5.41) is 0. The van der Waals surface area contributed by atoms with Crippen LogP contribution in [0.2, 0.25) is 0 Å². The number of halogens is 1. The maximum atomic E-state index is 13.5. The SMILES string of the molecule is CCNS(=O)(=O)c1cccc(OC)c1F. The zero-order valence-corrected chi connectivity index (χ0v) is 9.27. The fraction of sp³-hybridized carbons (Fsp3) is 0.333. The largest absolute Gasteiger partial charge is 0.494 e. The maximum absolute atomic E-state index is 13.5. The molecular weight excluding hydrogens is 221 g/mol. The summed E-state index contributed by atoms with van der Waals surface area (Å²) < 4.78 is 43.5. The van der Waals surface area contributed by atoms with Crippen molar-refractivity contribution in [3.8, 4) is 5.75 Å². The van der Waals surface area contributed by atoms with Gasteiger partial charge in [-0.3, -0.25) is 0 Å². The Bertz CT molecular complexity index is 445. The Balaban J connectivity index is 3.27. The average Bonchev–Trinajstić information content (AvgIpc) is 2.17. The van der Waals surface area contributed by atoms with Gasteiger partial charge in [0.1, 0.15) is 4.90 Å². The Morgan fingerprint density at radius 3 is 2.67 bits per heavy atom. The van der Waals surface area contributed by atoms with Crippen molar-refractivity contribution in [2.45, 2.75) is 11.8 Å². The summed E-state index contributed by atoms with van der Waals surface area (Å²) in [6, 6.07) is 3.97. The van der Waals surface area contributed by atoms with Gasteiger partial charge < -0.3 is 4.74 Å². The molecule has 0 radical (unpaired) electrons. The zero-order valence-electron chi connectivity index (χ0n) is 8.45. The van der Waals surface area contributed by atoms with Gasteiger partial charge in [-0.05, 0) is 12.1 Å². The molecule has 0 unspecified atom stereocenters. The first-order chi connectivity index (χ1) is 7.03. The van der Waals surface area contributed by atoms with Gasteiger partial charge in [-0.2, -0.15) is 0 Å². The van der Waals surface area contributed by atoms with E-state index in [1.54, 1.807) is 6.92 Å². The second-order valence-electron chi connectivity index (χ2n) is 2.77. The van der Waals surface area contributed by atoms with Crippen molar-refractivity contribution in [3.05, 3.63) is 24.0 Å². The predicted molar refractivity (Wildman–Crippen MR) is 53.8 cm³/mol. The number of hydrogen-bond donors (Lipinski definition) is 1. The molecule has 0 heterocycles. The van der Waals surface area contributed by atoms with Crippen LogP contribution in [0.25, 0.3) is 0 Å². The highest BCUT2D eigenvalue weighted by molar-refractivity contribution is 7.89. The minimum absolute atomic E-state index is 0.0889. The lowest BCUT2D eigenvalue weighted by atomic mass is 10.3. The molecule has 0 aliphatic carbocycles. The molecule has 0 bridgehead atoms. The van der Waals surface area contributed by atoms with Gasteiger partial charge in [-0.15, -0.1) is 0 Å². The van der Waals surface area contributed by atoms with Crippen LogP contribution in [0, 0.1) is 5.82 Å². The van der Waals surface area contributed by atoms with E-state index in [1.807, 2.05) is 0 Å². The second-order valence-corrected chi connectivity index (χ2v) is 4.51. The fourth-order valence-electron chi connectivity index (χ4n) is 1.12. The van der Waals surface area contributed by atoms with Gasteiger partial charge in [0.2, 0.25) is 10.0 Å². The number of sulfonamides is 1. The molecule has 1 aromatic carbocycles. The van der Waals surface area contributed by atoms with Gasteiger partial charge in [-0.1, -0.05) is 13.0 Å². The van der Waals surface area contributed by atoms with E-state index < -0.39 is 20.7 Å². The molecule has 0 aliphatic heterocycles. The quantitative estimate of drug-likeness (QED) is 0.848. The van der Waals surface area contributed by atoms with Gasteiger partial charge in [0, 0.05) is 6.54 Å². The van der Waals surface area contributed by atoms with E-state index in [0.717, 1.165) is 0 Å². The molecule has 84 valence electrons. The van der Waals surface area contributed by atoms with Crippen molar-refractivity contribution >= 4 is 10.0 Å². The lowest BCUT2D eigenvalue weighted by molar-refractivity contribution is 0.380. The molecule has 0 aromatic heterocycles. The van der Waals surface area contributed by atoms with Crippen molar-refractivity contribution in [1.29, 1.82) is 0 Å². The molecule has 0 saturated carbocycles. The van der Waals surface area contributed by atoms with Gasteiger partial charge in [0.25, 0.3) is 0 Å². The highest BCUT2D eigenvalue weighted by Gasteiger charge is 2.20. The van der Waals surface area contributed by atoms with E-state index in [9.17, 15) is 12.8 Å². The molecule has 1 N–H and O–H groups in total. The van der Waals surface area contributed by atoms with Crippen LogP contribution in [-0.4, -0.2) is 22.1 Å². The number of nitrogens with one attached hydrogen (secondary N) is 1. The normalized spacial score (nSPS) is 11.4. The van der Waals surface area contributed by atoms with Crippen LogP contribution >= 0.6 is 0 Å². The van der Waals surface area contributed by atoms with Gasteiger partial charge >= 0.3 is 0 Å². The molecule has 1 rings (SSSR count). The number of ether oxygens (including phenoxy) is 1. The Morgan fingerprint density at radius 2 is 2.13 bits per heavy atom. The summed E-state index contributed by atoms with van der Waals surface area (Å²) in [6.45, 7) is 1.83. The Labute approximate surface area is 88.1 Å². The first kappa shape index (κ1) is 11.9. The summed E-state index contributed by atoms with van der Waals surface area (Å²) in [6.07, 6.45) is 0. The Hall–Kier alpha value is -1.14. The Morgan fingerprint density at radius 1 is 1.47 bits per heavy atom. The minimum Gasteiger partial charge on any atom is -0.494 e. The number of benzene rings is 1. The topological polar surface area (TPSA) is 55.4 Å². The van der Waals surface area contributed by atoms with Crippen LogP contribution in [0.4, 0.5) is 4.39 Å². The average molecular weight is 233 g/mol. The summed E-state index contributed by atoms with van der Waals surface area (Å²) in [5.41, 5.74) is 0. The lowest BCUT2D eigenvalue weighted by Gasteiger charge is -2.08. The molecule has 4 nitrogen and oxygen atoms in total. The fourth-order valence-corrected chi connectivity index (χ4v) is 2.25. The molecule has 0 saturated heterocycles. The smallest absolute Gasteiger partial charge is 0.243 e. The highest BCUT2D eigenvalue weighted by Crippen LogP contribution is 2.23. The molecule has 0 aliphatic rings. The third kappa shape index (κ3) is 2.45. The van der Waals surface area contributed by atoms with Crippen LogP contribution in [0.3, 0.4) is 0 Å². The molecule has 1 aromatic rings. The van der Waals surface area contributed by atoms with Crippen LogP contribution in [-0.2, 0) is 10.0 Å². The van der Waals surface area contributed by atoms with Crippen molar-refractivity contribution in [2.24, 2.45) is 0 Å². The van der Waals surface area contributed by atoms with Crippen LogP contribution in [0.15, 0.2) is 23.1 Å². The van der Waals surface area contributed by atoms with Crippen LogP contribution in [0.5, 0.6) is 5.75 Å². The molecule has 15 heavy (non-hydrogen) atoms. The van der Waals surface area contributed by atoms with Crippen molar-refractivity contribution < 1.29 is 17.5 Å². The molecule has 0 amide bonds. The third-order valence-electron chi connectivity index (χ3n) is 1.77. The summed E-state index contributed by atoms with van der Waals surface area (Å²) in [4.78, 5) is -0.399. The summed E-state index contributed by atoms with van der Waals surface area (Å²) >= 11 is 0. The zero-order chi connectivity index (χ0) is 11.5. The van der Waals surface area contributed by atoms with E-state index in [2.05, 4.69) is 4.72 Å². The third-order valence-corrected chi connectivity index (χ3v) is 3.33. The van der Waals surface area contributed by atoms with E-state index in [1.165, 1.54) is 25.3 Å². The van der Waals surface area contributed by atoms with Gasteiger partial charge in [-0.25, -0.2) is 17.5 Å². The van der Waals surface area contributed by atoms with E-state index >= 15 is 0 Å². The monoisotopic (exact) mass is 233 g/mol.